The molecule has 0 aliphatic carbocycles. The van der Waals surface area contributed by atoms with Crippen molar-refractivity contribution in [2.24, 2.45) is 0 Å². The molecule has 0 unspecified atom stereocenters. The van der Waals surface area contributed by atoms with Crippen molar-refractivity contribution >= 4 is 17.8 Å². The number of nitrogens with zero attached hydrogens (tertiary/aromatic N) is 1. The zero-order valence-corrected chi connectivity index (χ0v) is 10.9. The van der Waals surface area contributed by atoms with Gasteiger partial charge in [-0.15, -0.1) is 0 Å². The minimum Gasteiger partial charge on any atom is -0.480 e. The van der Waals surface area contributed by atoms with E-state index in [0.717, 1.165) is 0 Å². The summed E-state index contributed by atoms with van der Waals surface area (Å²) in [6.45, 7) is 0.614. The first-order chi connectivity index (χ1) is 9.59. The molecule has 1 saturated heterocycles. The molecule has 7 nitrogen and oxygen atoms in total. The molecule has 1 aromatic heterocycles. The van der Waals surface area contributed by atoms with Gasteiger partial charge >= 0.3 is 5.97 Å². The maximum atomic E-state index is 11.9. The fourth-order valence-electron chi connectivity index (χ4n) is 2.24. The van der Waals surface area contributed by atoms with Crippen molar-refractivity contribution < 1.29 is 23.9 Å². The van der Waals surface area contributed by atoms with Gasteiger partial charge in [-0.1, -0.05) is 0 Å². The first-order valence-corrected chi connectivity index (χ1v) is 6.43. The summed E-state index contributed by atoms with van der Waals surface area (Å²) in [6.07, 6.45) is 2.65. The number of amides is 2. The zero-order chi connectivity index (χ0) is 14.5. The summed E-state index contributed by atoms with van der Waals surface area (Å²) < 4.78 is 4.92. The third-order valence-electron chi connectivity index (χ3n) is 3.23. The molecule has 1 aromatic rings. The Kier molecular flexibility index (Phi) is 4.39. The standard InChI is InChI=1S/C13H16N2O5/c16-11(15-7-1-3-9(15)13(18)19)5-6-14-12(17)10-4-2-8-20-10/h2,4,8-9H,1,3,5-7H2,(H,14,17)(H,18,19)/t9-/m0/s1. The summed E-state index contributed by atoms with van der Waals surface area (Å²) in [4.78, 5) is 35.8. The Morgan fingerprint density at radius 3 is 2.90 bits per heavy atom. The van der Waals surface area contributed by atoms with Crippen LogP contribution in [0.3, 0.4) is 0 Å². The molecule has 2 rings (SSSR count). The van der Waals surface area contributed by atoms with Crippen LogP contribution in [0.4, 0.5) is 0 Å². The van der Waals surface area contributed by atoms with Crippen molar-refractivity contribution in [2.75, 3.05) is 13.1 Å². The number of aliphatic carboxylic acids is 1. The van der Waals surface area contributed by atoms with Gasteiger partial charge in [-0.05, 0) is 25.0 Å². The van der Waals surface area contributed by atoms with E-state index in [4.69, 9.17) is 9.52 Å². The van der Waals surface area contributed by atoms with Gasteiger partial charge < -0.3 is 19.7 Å². The van der Waals surface area contributed by atoms with Gasteiger partial charge in [0.2, 0.25) is 5.91 Å². The summed E-state index contributed by atoms with van der Waals surface area (Å²) in [6, 6.07) is 2.39. The molecule has 0 spiro atoms. The molecule has 0 aromatic carbocycles. The van der Waals surface area contributed by atoms with E-state index in [2.05, 4.69) is 5.32 Å². The number of nitrogens with one attached hydrogen (secondary N) is 1. The van der Waals surface area contributed by atoms with Crippen molar-refractivity contribution in [1.29, 1.82) is 0 Å². The fraction of sp³-hybridized carbons (Fsp3) is 0.462. The lowest BCUT2D eigenvalue weighted by atomic mass is 10.2. The highest BCUT2D eigenvalue weighted by atomic mass is 16.4. The lowest BCUT2D eigenvalue weighted by molar-refractivity contribution is -0.148. The summed E-state index contributed by atoms with van der Waals surface area (Å²) in [5, 5.41) is 11.6. The summed E-state index contributed by atoms with van der Waals surface area (Å²) in [5.74, 6) is -1.44. The van der Waals surface area contributed by atoms with Crippen LogP contribution in [0.15, 0.2) is 22.8 Å². The number of rotatable bonds is 5. The van der Waals surface area contributed by atoms with Gasteiger partial charge in [-0.2, -0.15) is 0 Å². The number of carboxylic acid groups (broad SMARTS) is 1. The molecule has 2 N–H and O–H groups in total. The Morgan fingerprint density at radius 2 is 2.25 bits per heavy atom. The number of carbonyl (C=O) groups is 3. The Morgan fingerprint density at radius 1 is 1.45 bits per heavy atom. The van der Waals surface area contributed by atoms with Gasteiger partial charge in [0.25, 0.3) is 5.91 Å². The molecule has 7 heteroatoms. The smallest absolute Gasteiger partial charge is 0.326 e. The highest BCUT2D eigenvalue weighted by Gasteiger charge is 2.33. The van der Waals surface area contributed by atoms with Crippen molar-refractivity contribution in [1.82, 2.24) is 10.2 Å². The number of likely N-dealkylation sites (tertiary alicyclic amines) is 1. The Bertz CT molecular complexity index is 497. The average Bonchev–Trinajstić information content (AvgIpc) is 3.09. The lowest BCUT2D eigenvalue weighted by Gasteiger charge is -2.21. The van der Waals surface area contributed by atoms with Gasteiger partial charge in [0.15, 0.2) is 5.76 Å². The normalized spacial score (nSPS) is 18.0. The molecule has 0 radical (unpaired) electrons. The number of furan rings is 1. The first kappa shape index (κ1) is 14.1. The van der Waals surface area contributed by atoms with Crippen molar-refractivity contribution in [3.63, 3.8) is 0 Å². The van der Waals surface area contributed by atoms with Crippen LogP contribution in [0, 0.1) is 0 Å². The molecular weight excluding hydrogens is 264 g/mol. The summed E-state index contributed by atoms with van der Waals surface area (Å²) in [5.41, 5.74) is 0. The molecule has 2 amide bonds. The van der Waals surface area contributed by atoms with Gasteiger partial charge in [0.1, 0.15) is 6.04 Å². The second kappa shape index (κ2) is 6.23. The molecule has 108 valence electrons. The van der Waals surface area contributed by atoms with E-state index < -0.39 is 12.0 Å². The van der Waals surface area contributed by atoms with E-state index in [-0.39, 0.29) is 30.5 Å². The van der Waals surface area contributed by atoms with E-state index in [0.29, 0.717) is 19.4 Å². The van der Waals surface area contributed by atoms with E-state index in [1.807, 2.05) is 0 Å². The third-order valence-corrected chi connectivity index (χ3v) is 3.23. The fourth-order valence-corrected chi connectivity index (χ4v) is 2.24. The van der Waals surface area contributed by atoms with E-state index in [9.17, 15) is 14.4 Å². The number of hydrogen-bond donors (Lipinski definition) is 2. The largest absolute Gasteiger partial charge is 0.480 e. The van der Waals surface area contributed by atoms with E-state index >= 15 is 0 Å². The molecule has 1 fully saturated rings. The monoisotopic (exact) mass is 280 g/mol. The van der Waals surface area contributed by atoms with E-state index in [1.165, 1.54) is 17.2 Å². The van der Waals surface area contributed by atoms with Gasteiger partial charge in [-0.25, -0.2) is 4.79 Å². The topological polar surface area (TPSA) is 99.9 Å². The number of hydrogen-bond acceptors (Lipinski definition) is 4. The van der Waals surface area contributed by atoms with Crippen LogP contribution in [-0.4, -0.2) is 46.9 Å². The summed E-state index contributed by atoms with van der Waals surface area (Å²) in [7, 11) is 0. The maximum absolute atomic E-state index is 11.9. The van der Waals surface area contributed by atoms with Crippen molar-refractivity contribution in [2.45, 2.75) is 25.3 Å². The predicted octanol–water partition coefficient (Wildman–Crippen LogP) is 0.475. The minimum atomic E-state index is -0.976. The van der Waals surface area contributed by atoms with Gasteiger partial charge in [0, 0.05) is 19.5 Å². The molecule has 20 heavy (non-hydrogen) atoms. The third kappa shape index (κ3) is 3.17. The van der Waals surface area contributed by atoms with Crippen LogP contribution in [-0.2, 0) is 9.59 Å². The highest BCUT2D eigenvalue weighted by molar-refractivity contribution is 5.91. The predicted molar refractivity (Wildman–Crippen MR) is 68.0 cm³/mol. The number of carboxylic acids is 1. The van der Waals surface area contributed by atoms with Crippen molar-refractivity contribution in [3.8, 4) is 0 Å². The molecule has 1 aliphatic heterocycles. The first-order valence-electron chi connectivity index (χ1n) is 6.43. The Hall–Kier alpha value is -2.31. The SMILES string of the molecule is O=C(NCCC(=O)N1CCC[C@H]1C(=O)O)c1ccco1. The zero-order valence-electron chi connectivity index (χ0n) is 10.9. The second-order valence-corrected chi connectivity index (χ2v) is 4.57. The molecule has 1 aliphatic rings. The molecule has 0 saturated carbocycles. The van der Waals surface area contributed by atoms with Crippen LogP contribution in [0.5, 0.6) is 0 Å². The second-order valence-electron chi connectivity index (χ2n) is 4.57. The average molecular weight is 280 g/mol. The van der Waals surface area contributed by atoms with Crippen LogP contribution in [0.1, 0.15) is 29.8 Å². The van der Waals surface area contributed by atoms with Crippen LogP contribution >= 0.6 is 0 Å². The number of carbonyl (C=O) groups excluding carboxylic acids is 2. The van der Waals surface area contributed by atoms with Crippen LogP contribution < -0.4 is 5.32 Å². The van der Waals surface area contributed by atoms with Crippen molar-refractivity contribution in [3.05, 3.63) is 24.2 Å². The maximum Gasteiger partial charge on any atom is 0.326 e. The molecule has 0 bridgehead atoms. The summed E-state index contributed by atoms with van der Waals surface area (Å²) >= 11 is 0. The van der Waals surface area contributed by atoms with Gasteiger partial charge in [-0.3, -0.25) is 9.59 Å². The molecular formula is C13H16N2O5. The minimum absolute atomic E-state index is 0.0796. The lowest BCUT2D eigenvalue weighted by Crippen LogP contribution is -2.41. The molecule has 1 atom stereocenters. The van der Waals surface area contributed by atoms with Gasteiger partial charge in [0.05, 0.1) is 6.26 Å². The van der Waals surface area contributed by atoms with Crippen LogP contribution in [0.2, 0.25) is 0 Å². The Balaban J connectivity index is 1.78. The van der Waals surface area contributed by atoms with Crippen LogP contribution in [0.25, 0.3) is 0 Å². The highest BCUT2D eigenvalue weighted by Crippen LogP contribution is 2.18. The Labute approximate surface area is 115 Å². The van der Waals surface area contributed by atoms with E-state index in [1.54, 1.807) is 6.07 Å². The molecule has 2 heterocycles. The quantitative estimate of drug-likeness (QED) is 0.817.